The van der Waals surface area contributed by atoms with Gasteiger partial charge in [-0.3, -0.25) is 4.79 Å². The van der Waals surface area contributed by atoms with Gasteiger partial charge in [0.15, 0.2) is 33.0 Å². The predicted molar refractivity (Wildman–Crippen MR) is 143 cm³/mol. The van der Waals surface area contributed by atoms with Crippen molar-refractivity contribution in [2.24, 2.45) is 17.0 Å². The molecule has 2 fully saturated rings. The molecule has 5 rings (SSSR count). The lowest BCUT2D eigenvalue weighted by Gasteiger charge is -2.38. The third-order valence-electron chi connectivity index (χ3n) is 7.36. The number of amides is 1. The number of benzene rings is 3. The van der Waals surface area contributed by atoms with Crippen molar-refractivity contribution in [1.29, 1.82) is 0 Å². The van der Waals surface area contributed by atoms with Crippen LogP contribution in [0.4, 0.5) is 18.9 Å². The molecule has 2 N–H and O–H groups in total. The van der Waals surface area contributed by atoms with Crippen LogP contribution in [-0.4, -0.2) is 36.5 Å². The maximum atomic E-state index is 13.8. The average molecular weight is 593 g/mol. The number of oxime groups is 1. The van der Waals surface area contributed by atoms with E-state index in [1.165, 1.54) is 18.3 Å². The molecule has 0 aliphatic heterocycles. The molecule has 4 atom stereocenters. The van der Waals surface area contributed by atoms with Gasteiger partial charge in [-0.2, -0.15) is 0 Å². The van der Waals surface area contributed by atoms with Gasteiger partial charge in [0, 0.05) is 23.4 Å². The van der Waals surface area contributed by atoms with Gasteiger partial charge in [-0.1, -0.05) is 35.0 Å². The molecule has 0 spiro atoms. The fourth-order valence-corrected chi connectivity index (χ4v) is 8.53. The molecule has 0 heterocycles. The minimum atomic E-state index is -4.06. The summed E-state index contributed by atoms with van der Waals surface area (Å²) in [7, 11) is -4.06. The van der Waals surface area contributed by atoms with Crippen LogP contribution in [0.15, 0.2) is 70.7 Å². The molecule has 3 aromatic carbocycles. The summed E-state index contributed by atoms with van der Waals surface area (Å²) in [5.41, 5.74) is -1.82. The maximum Gasteiger partial charge on any atom is 0.255 e. The number of halogens is 4. The SMILES string of the molecule is O=C(Nc1cc(F)c(F)c(F)c1)c1ccc(Cl)c(S(=O)(=O)C2C3CC[C@@H]2C[C@](O)(/C=N/Oc2ccccc2)C3)c1. The lowest BCUT2D eigenvalue weighted by atomic mass is 9.78. The lowest BCUT2D eigenvalue weighted by molar-refractivity contribution is 0.0458. The molecular formula is C28H24ClF3N2O5S. The first-order valence-corrected chi connectivity index (χ1v) is 14.4. The van der Waals surface area contributed by atoms with Crippen molar-refractivity contribution in [2.75, 3.05) is 5.32 Å². The Bertz CT molecular complexity index is 1550. The highest BCUT2D eigenvalue weighted by molar-refractivity contribution is 7.92. The van der Waals surface area contributed by atoms with E-state index in [-0.39, 0.29) is 34.0 Å². The second-order valence-corrected chi connectivity index (χ2v) is 12.6. The third-order valence-corrected chi connectivity index (χ3v) is 10.2. The van der Waals surface area contributed by atoms with Crippen LogP contribution in [0.2, 0.25) is 5.02 Å². The smallest absolute Gasteiger partial charge is 0.255 e. The number of carbonyl (C=O) groups excluding carboxylic acids is 1. The molecule has 7 nitrogen and oxygen atoms in total. The van der Waals surface area contributed by atoms with Crippen LogP contribution in [-0.2, 0) is 9.84 Å². The summed E-state index contributed by atoms with van der Waals surface area (Å²) in [6.45, 7) is 0. The van der Waals surface area contributed by atoms with Crippen molar-refractivity contribution in [3.63, 3.8) is 0 Å². The minimum absolute atomic E-state index is 0.0894. The van der Waals surface area contributed by atoms with E-state index in [9.17, 15) is 31.5 Å². The Morgan fingerprint density at radius 1 is 1.02 bits per heavy atom. The Hall–Kier alpha value is -3.41. The van der Waals surface area contributed by atoms with Crippen molar-refractivity contribution in [2.45, 2.75) is 41.4 Å². The summed E-state index contributed by atoms with van der Waals surface area (Å²) in [6, 6.07) is 13.7. The van der Waals surface area contributed by atoms with E-state index in [1.807, 2.05) is 6.07 Å². The Labute approximate surface area is 233 Å². The molecule has 1 amide bonds. The maximum absolute atomic E-state index is 13.8. The van der Waals surface area contributed by atoms with Crippen molar-refractivity contribution in [3.8, 4) is 5.75 Å². The van der Waals surface area contributed by atoms with Crippen molar-refractivity contribution in [3.05, 3.63) is 88.7 Å². The van der Waals surface area contributed by atoms with E-state index in [2.05, 4.69) is 10.5 Å². The first-order valence-electron chi connectivity index (χ1n) is 12.5. The van der Waals surface area contributed by atoms with Crippen LogP contribution >= 0.6 is 11.6 Å². The van der Waals surface area contributed by atoms with Crippen LogP contribution < -0.4 is 10.2 Å². The average Bonchev–Trinajstić information content (AvgIpc) is 3.21. The summed E-state index contributed by atoms with van der Waals surface area (Å²) in [4.78, 5) is 17.8. The monoisotopic (exact) mass is 592 g/mol. The zero-order valence-electron chi connectivity index (χ0n) is 20.9. The molecule has 2 unspecified atom stereocenters. The van der Waals surface area contributed by atoms with Crippen LogP contribution in [0.25, 0.3) is 0 Å². The number of nitrogens with zero attached hydrogens (tertiary/aromatic N) is 1. The fraction of sp³-hybridized carbons (Fsp3) is 0.286. The first kappa shape index (κ1) is 28.1. The molecule has 210 valence electrons. The Kier molecular flexibility index (Phi) is 7.64. The van der Waals surface area contributed by atoms with E-state index in [4.69, 9.17) is 16.4 Å². The van der Waals surface area contributed by atoms with Crippen LogP contribution in [0.1, 0.15) is 36.0 Å². The molecule has 40 heavy (non-hydrogen) atoms. The Morgan fingerprint density at radius 3 is 2.27 bits per heavy atom. The van der Waals surface area contributed by atoms with Crippen LogP contribution in [0.5, 0.6) is 5.75 Å². The van der Waals surface area contributed by atoms with E-state index < -0.39 is 55.9 Å². The molecule has 2 aliphatic carbocycles. The number of aliphatic hydroxyl groups is 1. The normalized spacial score (nSPS) is 24.3. The Morgan fingerprint density at radius 2 is 1.65 bits per heavy atom. The quantitative estimate of drug-likeness (QED) is 0.206. The molecule has 0 saturated heterocycles. The van der Waals surface area contributed by atoms with Gasteiger partial charge in [0.05, 0.1) is 21.4 Å². The number of carbonyl (C=O) groups is 1. The van der Waals surface area contributed by atoms with Gasteiger partial charge in [0.2, 0.25) is 0 Å². The van der Waals surface area contributed by atoms with Crippen LogP contribution in [0, 0.1) is 29.3 Å². The third kappa shape index (κ3) is 5.59. The number of fused-ring (bicyclic) bond motifs is 2. The molecule has 2 aliphatic rings. The second kappa shape index (κ2) is 10.9. The van der Waals surface area contributed by atoms with Gasteiger partial charge in [0.1, 0.15) is 5.60 Å². The van der Waals surface area contributed by atoms with Crippen molar-refractivity contribution >= 4 is 39.2 Å². The topological polar surface area (TPSA) is 105 Å². The molecule has 0 aromatic heterocycles. The Balaban J connectivity index is 1.35. The van der Waals surface area contributed by atoms with E-state index >= 15 is 0 Å². The fourth-order valence-electron chi connectivity index (χ4n) is 5.69. The number of anilines is 1. The van der Waals surface area contributed by atoms with E-state index in [0.29, 0.717) is 30.7 Å². The summed E-state index contributed by atoms with van der Waals surface area (Å²) in [5.74, 6) is -5.81. The molecule has 12 heteroatoms. The highest BCUT2D eigenvalue weighted by Crippen LogP contribution is 2.51. The van der Waals surface area contributed by atoms with Gasteiger partial charge in [-0.25, -0.2) is 21.6 Å². The number of para-hydroxylation sites is 1. The van der Waals surface area contributed by atoms with Crippen molar-refractivity contribution < 1.29 is 36.3 Å². The summed E-state index contributed by atoms with van der Waals surface area (Å²) in [5, 5.41) is 16.4. The molecular weight excluding hydrogens is 569 g/mol. The van der Waals surface area contributed by atoms with Crippen molar-refractivity contribution in [1.82, 2.24) is 0 Å². The number of hydrogen-bond acceptors (Lipinski definition) is 6. The van der Waals surface area contributed by atoms with Crippen LogP contribution in [0.3, 0.4) is 0 Å². The zero-order chi connectivity index (χ0) is 28.7. The largest absolute Gasteiger partial charge is 0.384 e. The lowest BCUT2D eigenvalue weighted by Crippen LogP contribution is -2.47. The number of sulfone groups is 1. The first-order chi connectivity index (χ1) is 19.0. The number of rotatable bonds is 7. The predicted octanol–water partition coefficient (Wildman–Crippen LogP) is 5.77. The number of nitrogens with one attached hydrogen (secondary N) is 1. The van der Waals surface area contributed by atoms with Gasteiger partial charge in [-0.15, -0.1) is 0 Å². The van der Waals surface area contributed by atoms with E-state index in [1.54, 1.807) is 24.3 Å². The second-order valence-electron chi connectivity index (χ2n) is 10.1. The summed E-state index contributed by atoms with van der Waals surface area (Å²) >= 11 is 6.28. The minimum Gasteiger partial charge on any atom is -0.384 e. The van der Waals surface area contributed by atoms with Gasteiger partial charge in [-0.05, 0) is 67.9 Å². The molecule has 0 radical (unpaired) electrons. The number of hydrogen-bond donors (Lipinski definition) is 2. The summed E-state index contributed by atoms with van der Waals surface area (Å²) < 4.78 is 68.0. The summed E-state index contributed by atoms with van der Waals surface area (Å²) in [6.07, 6.45) is 2.75. The van der Waals surface area contributed by atoms with Gasteiger partial charge in [0.25, 0.3) is 5.91 Å². The zero-order valence-corrected chi connectivity index (χ0v) is 22.4. The van der Waals surface area contributed by atoms with E-state index in [0.717, 1.165) is 6.07 Å². The highest BCUT2D eigenvalue weighted by Gasteiger charge is 2.54. The van der Waals surface area contributed by atoms with Gasteiger partial charge >= 0.3 is 0 Å². The van der Waals surface area contributed by atoms with Gasteiger partial charge < -0.3 is 15.3 Å². The highest BCUT2D eigenvalue weighted by atomic mass is 35.5. The molecule has 2 bridgehead atoms. The molecule has 2 saturated carbocycles. The molecule has 3 aromatic rings. The standard InChI is InChI=1S/C28H24ClF3N2O5S/c29-21-9-8-16(27(35)34-19-11-22(30)25(32)23(31)12-19)10-24(21)40(37,38)26-17-6-7-18(26)14-28(36,13-17)15-33-39-20-4-2-1-3-5-20/h1-5,8-12,15,17-18,26,36H,6-7,13-14H2,(H,34,35)/b33-15+/t17-,18?,26?,28-/m1/s1.